The molecule has 2 rings (SSSR count). The highest BCUT2D eigenvalue weighted by atomic mass is 16.5. The van der Waals surface area contributed by atoms with Crippen LogP contribution in [0.25, 0.3) is 11.3 Å². The van der Waals surface area contributed by atoms with Crippen molar-refractivity contribution in [3.05, 3.63) is 42.4 Å². The van der Waals surface area contributed by atoms with Crippen molar-refractivity contribution in [2.75, 3.05) is 6.61 Å². The van der Waals surface area contributed by atoms with Gasteiger partial charge < -0.3 is 4.74 Å². The lowest BCUT2D eigenvalue weighted by Crippen LogP contribution is -2.02. The van der Waals surface area contributed by atoms with Crippen LogP contribution in [-0.2, 0) is 6.42 Å². The van der Waals surface area contributed by atoms with E-state index in [2.05, 4.69) is 55.0 Å². The summed E-state index contributed by atoms with van der Waals surface area (Å²) in [5, 5.41) is 0. The molecule has 0 aliphatic carbocycles. The lowest BCUT2D eigenvalue weighted by molar-refractivity contribution is 0.303. The Kier molecular flexibility index (Phi) is 12.2. The van der Waals surface area contributed by atoms with Crippen molar-refractivity contribution >= 4 is 0 Å². The van der Waals surface area contributed by atoms with E-state index >= 15 is 0 Å². The maximum atomic E-state index is 6.19. The minimum atomic E-state index is 0.773. The van der Waals surface area contributed by atoms with Gasteiger partial charge in [0.25, 0.3) is 0 Å². The number of unbranched alkanes of at least 4 members (excludes halogenated alkanes) is 7. The first kappa shape index (κ1) is 24.4. The Balaban J connectivity index is 1.90. The molecule has 3 heteroatoms. The summed E-state index contributed by atoms with van der Waals surface area (Å²) in [5.41, 5.74) is 3.36. The lowest BCUT2D eigenvalue weighted by Gasteiger charge is -2.14. The van der Waals surface area contributed by atoms with Crippen LogP contribution < -0.4 is 4.74 Å². The van der Waals surface area contributed by atoms with Crippen LogP contribution in [0.1, 0.15) is 97.0 Å². The van der Waals surface area contributed by atoms with Crippen LogP contribution in [0.5, 0.6) is 5.75 Å². The van der Waals surface area contributed by atoms with Crippen LogP contribution in [0.4, 0.5) is 0 Å². The number of nitrogens with zero attached hydrogens (tertiary/aromatic N) is 2. The van der Waals surface area contributed by atoms with Crippen LogP contribution in [0.3, 0.4) is 0 Å². The van der Waals surface area contributed by atoms with E-state index in [0.717, 1.165) is 42.4 Å². The average Bonchev–Trinajstić information content (AvgIpc) is 2.79. The van der Waals surface area contributed by atoms with Crippen molar-refractivity contribution in [3.63, 3.8) is 0 Å². The zero-order valence-corrected chi connectivity index (χ0v) is 19.5. The molecule has 3 nitrogen and oxygen atoms in total. The molecular weight excluding hydrogens is 368 g/mol. The zero-order chi connectivity index (χ0) is 21.4. The Morgan fingerprint density at radius 2 is 1.67 bits per heavy atom. The first-order valence-corrected chi connectivity index (χ1v) is 12.3. The smallest absolute Gasteiger partial charge is 0.128 e. The maximum absolute atomic E-state index is 6.19. The summed E-state index contributed by atoms with van der Waals surface area (Å²) >= 11 is 0. The minimum absolute atomic E-state index is 0.773. The molecule has 0 saturated heterocycles. The molecule has 2 aromatic rings. The monoisotopic (exact) mass is 410 g/mol. The SMILES string of the molecule is CCCCCCCCc1cncnc1-c1ccccc1OCCCCCC(C)CC. The number of aromatic nitrogens is 2. The highest BCUT2D eigenvalue weighted by Gasteiger charge is 2.12. The van der Waals surface area contributed by atoms with Crippen molar-refractivity contribution in [2.45, 2.75) is 97.8 Å². The Labute approximate surface area is 184 Å². The second-order valence-corrected chi connectivity index (χ2v) is 8.62. The van der Waals surface area contributed by atoms with E-state index < -0.39 is 0 Å². The van der Waals surface area contributed by atoms with Crippen LogP contribution >= 0.6 is 0 Å². The van der Waals surface area contributed by atoms with Crippen molar-refractivity contribution in [3.8, 4) is 17.0 Å². The lowest BCUT2D eigenvalue weighted by atomic mass is 10.0. The van der Waals surface area contributed by atoms with Gasteiger partial charge >= 0.3 is 0 Å². The third-order valence-corrected chi connectivity index (χ3v) is 6.03. The Hall–Kier alpha value is -1.90. The summed E-state index contributed by atoms with van der Waals surface area (Å²) in [7, 11) is 0. The number of rotatable bonds is 16. The normalized spacial score (nSPS) is 12.1. The highest BCUT2D eigenvalue weighted by Crippen LogP contribution is 2.31. The third-order valence-electron chi connectivity index (χ3n) is 6.03. The molecule has 0 amide bonds. The van der Waals surface area contributed by atoms with Gasteiger partial charge in [-0.25, -0.2) is 9.97 Å². The fourth-order valence-electron chi connectivity index (χ4n) is 3.83. The van der Waals surface area contributed by atoms with E-state index in [4.69, 9.17) is 4.74 Å². The number of para-hydroxylation sites is 1. The molecule has 166 valence electrons. The van der Waals surface area contributed by atoms with Crippen LogP contribution in [0.15, 0.2) is 36.8 Å². The van der Waals surface area contributed by atoms with Crippen LogP contribution in [0.2, 0.25) is 0 Å². The van der Waals surface area contributed by atoms with Gasteiger partial charge in [0, 0.05) is 11.8 Å². The Morgan fingerprint density at radius 3 is 2.50 bits per heavy atom. The van der Waals surface area contributed by atoms with Crippen LogP contribution in [0, 0.1) is 5.92 Å². The van der Waals surface area contributed by atoms with Gasteiger partial charge in [-0.2, -0.15) is 0 Å². The van der Waals surface area contributed by atoms with E-state index in [9.17, 15) is 0 Å². The van der Waals surface area contributed by atoms with E-state index in [1.807, 2.05) is 6.20 Å². The quantitative estimate of drug-likeness (QED) is 0.263. The van der Waals surface area contributed by atoms with Gasteiger partial charge in [0.2, 0.25) is 0 Å². The predicted molar refractivity (Wildman–Crippen MR) is 128 cm³/mol. The molecule has 0 radical (unpaired) electrons. The Morgan fingerprint density at radius 1 is 0.900 bits per heavy atom. The Bertz CT molecular complexity index is 701. The number of ether oxygens (including phenoxy) is 1. The van der Waals surface area contributed by atoms with Gasteiger partial charge in [0.15, 0.2) is 0 Å². The molecule has 0 aliphatic heterocycles. The standard InChI is InChI=1S/C27H42N2O/c1-4-6-7-8-9-12-17-24-21-28-22-29-27(24)25-18-13-14-19-26(25)30-20-15-10-11-16-23(3)5-2/h13-14,18-19,21-23H,4-12,15-17,20H2,1-3H3. The first-order valence-electron chi connectivity index (χ1n) is 12.3. The average molecular weight is 411 g/mol. The van der Waals surface area contributed by atoms with Gasteiger partial charge in [0.1, 0.15) is 12.1 Å². The molecule has 1 heterocycles. The van der Waals surface area contributed by atoms with Crippen molar-refractivity contribution in [1.82, 2.24) is 9.97 Å². The molecule has 0 aliphatic rings. The van der Waals surface area contributed by atoms with Gasteiger partial charge in [-0.1, -0.05) is 90.7 Å². The number of aryl methyl sites for hydroxylation is 1. The third kappa shape index (κ3) is 8.85. The minimum Gasteiger partial charge on any atom is -0.493 e. The van der Waals surface area contributed by atoms with Gasteiger partial charge in [0.05, 0.1) is 12.3 Å². The summed E-state index contributed by atoms with van der Waals surface area (Å²) in [6, 6.07) is 8.33. The molecule has 1 atom stereocenters. The molecule has 1 unspecified atom stereocenters. The van der Waals surface area contributed by atoms with Crippen molar-refractivity contribution in [2.24, 2.45) is 5.92 Å². The number of benzene rings is 1. The summed E-state index contributed by atoms with van der Waals surface area (Å²) in [6.07, 6.45) is 18.7. The molecule has 0 fully saturated rings. The number of hydrogen-bond donors (Lipinski definition) is 0. The predicted octanol–water partition coefficient (Wildman–Crippen LogP) is 8.03. The molecule has 0 spiro atoms. The second-order valence-electron chi connectivity index (χ2n) is 8.62. The van der Waals surface area contributed by atoms with Gasteiger partial charge in [-0.05, 0) is 42.9 Å². The molecule has 1 aromatic carbocycles. The fraction of sp³-hybridized carbons (Fsp3) is 0.630. The molecule has 0 N–H and O–H groups in total. The summed E-state index contributed by atoms with van der Waals surface area (Å²) < 4.78 is 6.19. The van der Waals surface area contributed by atoms with Gasteiger partial charge in [-0.15, -0.1) is 0 Å². The summed E-state index contributed by atoms with van der Waals surface area (Å²) in [4.78, 5) is 8.93. The van der Waals surface area contributed by atoms with E-state index in [0.29, 0.717) is 0 Å². The first-order chi connectivity index (χ1) is 14.8. The molecule has 0 saturated carbocycles. The maximum Gasteiger partial charge on any atom is 0.128 e. The summed E-state index contributed by atoms with van der Waals surface area (Å²) in [5.74, 6) is 1.79. The fourth-order valence-corrected chi connectivity index (χ4v) is 3.83. The highest BCUT2D eigenvalue weighted by molar-refractivity contribution is 5.69. The van der Waals surface area contributed by atoms with E-state index in [1.165, 1.54) is 69.8 Å². The largest absolute Gasteiger partial charge is 0.493 e. The van der Waals surface area contributed by atoms with Crippen molar-refractivity contribution in [1.29, 1.82) is 0 Å². The molecule has 1 aromatic heterocycles. The van der Waals surface area contributed by atoms with E-state index in [1.54, 1.807) is 6.33 Å². The number of hydrogen-bond acceptors (Lipinski definition) is 3. The summed E-state index contributed by atoms with van der Waals surface area (Å²) in [6.45, 7) is 7.66. The molecule has 30 heavy (non-hydrogen) atoms. The molecule has 0 bridgehead atoms. The topological polar surface area (TPSA) is 35.0 Å². The van der Waals surface area contributed by atoms with Gasteiger partial charge in [-0.3, -0.25) is 0 Å². The van der Waals surface area contributed by atoms with Crippen LogP contribution in [-0.4, -0.2) is 16.6 Å². The molecular formula is C27H42N2O. The second kappa shape index (κ2) is 15.0. The van der Waals surface area contributed by atoms with Crippen molar-refractivity contribution < 1.29 is 4.74 Å². The zero-order valence-electron chi connectivity index (χ0n) is 19.5. The van der Waals surface area contributed by atoms with E-state index in [-0.39, 0.29) is 0 Å².